The summed E-state index contributed by atoms with van der Waals surface area (Å²) in [5, 5.41) is 3.34. The summed E-state index contributed by atoms with van der Waals surface area (Å²) in [7, 11) is 2.11. The summed E-state index contributed by atoms with van der Waals surface area (Å²) >= 11 is 0. The van der Waals surface area contributed by atoms with Gasteiger partial charge in [0.05, 0.1) is 13.2 Å². The molecule has 0 aromatic carbocycles. The van der Waals surface area contributed by atoms with Crippen LogP contribution >= 0.6 is 0 Å². The van der Waals surface area contributed by atoms with Crippen LogP contribution in [0.2, 0.25) is 0 Å². The molecule has 0 saturated heterocycles. The van der Waals surface area contributed by atoms with Crippen molar-refractivity contribution in [3.05, 3.63) is 23.2 Å². The number of nitrogens with zero attached hydrogens (tertiary/aromatic N) is 1. The van der Waals surface area contributed by atoms with Gasteiger partial charge in [0.2, 0.25) is 0 Å². The fourth-order valence-corrected chi connectivity index (χ4v) is 2.20. The molecule has 0 atom stereocenters. The van der Waals surface area contributed by atoms with Crippen molar-refractivity contribution < 1.29 is 9.15 Å². The molecule has 0 spiro atoms. The molecule has 1 aromatic heterocycles. The molecule has 1 aliphatic carbocycles. The normalized spacial score (nSPS) is 15.2. The Morgan fingerprint density at radius 1 is 1.45 bits per heavy atom. The molecule has 20 heavy (non-hydrogen) atoms. The average molecular weight is 280 g/mol. The number of hydrogen-bond donors (Lipinski definition) is 1. The van der Waals surface area contributed by atoms with E-state index in [0.717, 1.165) is 56.8 Å². The molecule has 4 heteroatoms. The second-order valence-corrected chi connectivity index (χ2v) is 5.83. The number of ether oxygens (including phenoxy) is 1. The summed E-state index contributed by atoms with van der Waals surface area (Å²) in [5.74, 6) is 2.92. The van der Waals surface area contributed by atoms with E-state index in [0.29, 0.717) is 0 Å². The van der Waals surface area contributed by atoms with Crippen molar-refractivity contribution in [2.24, 2.45) is 5.92 Å². The molecular formula is C16H28N2O2. The van der Waals surface area contributed by atoms with Crippen LogP contribution in [-0.4, -0.2) is 38.3 Å². The van der Waals surface area contributed by atoms with Gasteiger partial charge in [-0.2, -0.15) is 0 Å². The number of aryl methyl sites for hydroxylation is 1. The van der Waals surface area contributed by atoms with Crippen LogP contribution in [0.4, 0.5) is 0 Å². The highest BCUT2D eigenvalue weighted by Crippen LogP contribution is 2.28. The Balaban J connectivity index is 1.67. The molecule has 1 heterocycles. The van der Waals surface area contributed by atoms with Gasteiger partial charge in [0.1, 0.15) is 11.5 Å². The molecule has 0 radical (unpaired) electrons. The minimum absolute atomic E-state index is 0.816. The average Bonchev–Trinajstić information content (AvgIpc) is 3.17. The number of hydrogen-bond acceptors (Lipinski definition) is 4. The zero-order chi connectivity index (χ0) is 14.4. The van der Waals surface area contributed by atoms with Crippen LogP contribution in [0.5, 0.6) is 0 Å². The van der Waals surface area contributed by atoms with E-state index >= 15 is 0 Å². The Labute approximate surface area is 122 Å². The first kappa shape index (κ1) is 15.5. The van der Waals surface area contributed by atoms with Crippen LogP contribution < -0.4 is 5.32 Å². The molecule has 0 unspecified atom stereocenters. The van der Waals surface area contributed by atoms with Crippen molar-refractivity contribution in [3.8, 4) is 0 Å². The largest absolute Gasteiger partial charge is 0.465 e. The highest BCUT2D eigenvalue weighted by atomic mass is 16.5. The van der Waals surface area contributed by atoms with Crippen molar-refractivity contribution >= 4 is 0 Å². The van der Waals surface area contributed by atoms with Gasteiger partial charge < -0.3 is 14.5 Å². The second-order valence-electron chi connectivity index (χ2n) is 5.83. The van der Waals surface area contributed by atoms with E-state index in [4.69, 9.17) is 9.15 Å². The van der Waals surface area contributed by atoms with E-state index in [1.807, 2.05) is 6.92 Å². The minimum atomic E-state index is 0.816. The highest BCUT2D eigenvalue weighted by Gasteiger charge is 2.21. The third-order valence-electron chi connectivity index (χ3n) is 3.73. The zero-order valence-electron chi connectivity index (χ0n) is 13.1. The zero-order valence-corrected chi connectivity index (χ0v) is 13.1. The van der Waals surface area contributed by atoms with Gasteiger partial charge in [-0.1, -0.05) is 6.92 Å². The lowest BCUT2D eigenvalue weighted by Crippen LogP contribution is -2.22. The quantitative estimate of drug-likeness (QED) is 0.668. The van der Waals surface area contributed by atoms with Gasteiger partial charge in [-0.25, -0.2) is 0 Å². The molecule has 1 N–H and O–H groups in total. The van der Waals surface area contributed by atoms with Crippen LogP contribution in [-0.2, 0) is 17.8 Å². The monoisotopic (exact) mass is 280 g/mol. The molecule has 1 saturated carbocycles. The maximum Gasteiger partial charge on any atom is 0.118 e. The topological polar surface area (TPSA) is 37.6 Å². The van der Waals surface area contributed by atoms with Crippen LogP contribution in [0.3, 0.4) is 0 Å². The van der Waals surface area contributed by atoms with Gasteiger partial charge in [0.15, 0.2) is 0 Å². The molecule has 2 rings (SSSR count). The number of nitrogens with one attached hydrogen (secondary N) is 1. The predicted octanol–water partition coefficient (Wildman–Crippen LogP) is 2.56. The molecule has 0 aliphatic heterocycles. The summed E-state index contributed by atoms with van der Waals surface area (Å²) in [6.45, 7) is 9.59. The highest BCUT2D eigenvalue weighted by molar-refractivity contribution is 5.20. The lowest BCUT2D eigenvalue weighted by molar-refractivity contribution is 0.0999. The summed E-state index contributed by atoms with van der Waals surface area (Å²) < 4.78 is 11.5. The summed E-state index contributed by atoms with van der Waals surface area (Å²) in [4.78, 5) is 2.25. The van der Waals surface area contributed by atoms with Crippen molar-refractivity contribution in [2.45, 2.75) is 39.8 Å². The lowest BCUT2D eigenvalue weighted by atomic mass is 10.2. The summed E-state index contributed by atoms with van der Waals surface area (Å²) in [6.07, 6.45) is 2.71. The molecule has 1 aliphatic rings. The van der Waals surface area contributed by atoms with Crippen LogP contribution in [0.1, 0.15) is 36.8 Å². The van der Waals surface area contributed by atoms with Crippen molar-refractivity contribution in [3.63, 3.8) is 0 Å². The van der Waals surface area contributed by atoms with Crippen LogP contribution in [0.25, 0.3) is 0 Å². The van der Waals surface area contributed by atoms with E-state index in [1.54, 1.807) is 0 Å². The Morgan fingerprint density at radius 2 is 2.25 bits per heavy atom. The van der Waals surface area contributed by atoms with E-state index in [9.17, 15) is 0 Å². The van der Waals surface area contributed by atoms with Crippen LogP contribution in [0, 0.1) is 12.8 Å². The fraction of sp³-hybridized carbons (Fsp3) is 0.750. The van der Waals surface area contributed by atoms with E-state index in [-0.39, 0.29) is 0 Å². The fourth-order valence-electron chi connectivity index (χ4n) is 2.20. The van der Waals surface area contributed by atoms with Crippen molar-refractivity contribution in [2.75, 3.05) is 33.4 Å². The van der Waals surface area contributed by atoms with Gasteiger partial charge in [0, 0.05) is 25.3 Å². The summed E-state index contributed by atoms with van der Waals surface area (Å²) in [5.41, 5.74) is 1.26. The first-order chi connectivity index (χ1) is 9.69. The van der Waals surface area contributed by atoms with Gasteiger partial charge in [0.25, 0.3) is 0 Å². The lowest BCUT2D eigenvalue weighted by Gasteiger charge is -2.14. The molecule has 1 fully saturated rings. The van der Waals surface area contributed by atoms with E-state index in [1.165, 1.54) is 18.4 Å². The Kier molecular flexibility index (Phi) is 6.07. The van der Waals surface area contributed by atoms with Gasteiger partial charge in [-0.05, 0) is 45.3 Å². The Bertz CT molecular complexity index is 399. The van der Waals surface area contributed by atoms with Gasteiger partial charge >= 0.3 is 0 Å². The van der Waals surface area contributed by atoms with Gasteiger partial charge in [-0.15, -0.1) is 0 Å². The molecule has 0 amide bonds. The van der Waals surface area contributed by atoms with Gasteiger partial charge in [-0.3, -0.25) is 4.90 Å². The standard InChI is InChI=1S/C16H28N2O2/c1-4-17-10-15-9-16(20-13(15)2)11-18(3)7-8-19-12-14-5-6-14/h9,14,17H,4-8,10-12H2,1-3H3. The third-order valence-corrected chi connectivity index (χ3v) is 3.73. The van der Waals surface area contributed by atoms with E-state index < -0.39 is 0 Å². The van der Waals surface area contributed by atoms with Crippen molar-refractivity contribution in [1.82, 2.24) is 10.2 Å². The predicted molar refractivity (Wildman–Crippen MR) is 80.7 cm³/mol. The molecule has 4 nitrogen and oxygen atoms in total. The SMILES string of the molecule is CCNCc1cc(CN(C)CCOCC2CC2)oc1C. The van der Waals surface area contributed by atoms with E-state index in [2.05, 4.69) is 30.3 Å². The number of furan rings is 1. The second kappa shape index (κ2) is 7.81. The smallest absolute Gasteiger partial charge is 0.118 e. The first-order valence-electron chi connectivity index (χ1n) is 7.74. The maximum absolute atomic E-state index is 5.81. The Morgan fingerprint density at radius 3 is 2.95 bits per heavy atom. The molecule has 114 valence electrons. The number of rotatable bonds is 10. The maximum atomic E-state index is 5.81. The van der Waals surface area contributed by atoms with Crippen LogP contribution in [0.15, 0.2) is 10.5 Å². The number of likely N-dealkylation sites (N-methyl/N-ethyl adjacent to an activating group) is 1. The molecule has 1 aromatic rings. The third kappa shape index (κ3) is 5.27. The Hall–Kier alpha value is -0.840. The first-order valence-corrected chi connectivity index (χ1v) is 7.74. The minimum Gasteiger partial charge on any atom is -0.465 e. The molecular weight excluding hydrogens is 252 g/mol. The molecule has 0 bridgehead atoms. The summed E-state index contributed by atoms with van der Waals surface area (Å²) in [6, 6.07) is 2.17. The van der Waals surface area contributed by atoms with Crippen molar-refractivity contribution in [1.29, 1.82) is 0 Å².